The summed E-state index contributed by atoms with van der Waals surface area (Å²) < 4.78 is 0. The Kier molecular flexibility index (Phi) is 1.59. The number of hydrogen-bond donors (Lipinski definition) is 2. The van der Waals surface area contributed by atoms with Gasteiger partial charge in [0.1, 0.15) is 0 Å². The molecule has 0 saturated heterocycles. The Hall–Kier alpha value is -0.740. The SMILES string of the molecule is OCC1(CO)N=CC=N1. The molecule has 1 rings (SSSR count). The van der Waals surface area contributed by atoms with E-state index in [0.717, 1.165) is 0 Å². The summed E-state index contributed by atoms with van der Waals surface area (Å²) in [5, 5.41) is 17.3. The van der Waals surface area contributed by atoms with E-state index in [1.165, 1.54) is 12.4 Å². The van der Waals surface area contributed by atoms with Crippen LogP contribution in [0.3, 0.4) is 0 Å². The maximum atomic E-state index is 8.63. The first-order chi connectivity index (χ1) is 4.33. The fourth-order valence-corrected chi connectivity index (χ4v) is 0.591. The van der Waals surface area contributed by atoms with Gasteiger partial charge >= 0.3 is 0 Å². The molecule has 1 aliphatic heterocycles. The van der Waals surface area contributed by atoms with E-state index in [0.29, 0.717) is 0 Å². The molecule has 0 spiro atoms. The molecule has 0 aromatic heterocycles. The predicted octanol–water partition coefficient (Wildman–Crippen LogP) is -1.18. The van der Waals surface area contributed by atoms with Crippen LogP contribution in [-0.4, -0.2) is 41.5 Å². The summed E-state index contributed by atoms with van der Waals surface area (Å²) in [6.45, 7) is -0.479. The highest BCUT2D eigenvalue weighted by atomic mass is 16.3. The minimum Gasteiger partial charge on any atom is -0.392 e. The van der Waals surface area contributed by atoms with Crippen molar-refractivity contribution in [3.05, 3.63) is 0 Å². The maximum Gasteiger partial charge on any atom is 0.195 e. The van der Waals surface area contributed by atoms with Crippen molar-refractivity contribution in [3.63, 3.8) is 0 Å². The summed E-state index contributed by atoms with van der Waals surface area (Å²) in [6.07, 6.45) is 2.93. The van der Waals surface area contributed by atoms with Gasteiger partial charge in [-0.2, -0.15) is 0 Å². The highest BCUT2D eigenvalue weighted by molar-refractivity contribution is 6.17. The summed E-state index contributed by atoms with van der Waals surface area (Å²) in [4.78, 5) is 7.51. The quantitative estimate of drug-likeness (QED) is 0.491. The zero-order valence-corrected chi connectivity index (χ0v) is 4.86. The van der Waals surface area contributed by atoms with Crippen molar-refractivity contribution in [2.24, 2.45) is 9.98 Å². The number of aliphatic hydroxyl groups is 2. The Morgan fingerprint density at radius 3 is 1.78 bits per heavy atom. The van der Waals surface area contributed by atoms with Crippen LogP contribution in [0, 0.1) is 0 Å². The van der Waals surface area contributed by atoms with E-state index in [1.807, 2.05) is 0 Å². The second-order valence-electron chi connectivity index (χ2n) is 1.86. The van der Waals surface area contributed by atoms with Crippen molar-refractivity contribution in [2.75, 3.05) is 13.2 Å². The standard InChI is InChI=1S/C5H8N2O2/c8-3-5(4-9)6-1-2-7-5/h1-2,8-9H,3-4H2. The van der Waals surface area contributed by atoms with Crippen molar-refractivity contribution < 1.29 is 10.2 Å². The number of aliphatic hydroxyl groups excluding tert-OH is 2. The molecular formula is C5H8N2O2. The van der Waals surface area contributed by atoms with Gasteiger partial charge in [-0.15, -0.1) is 0 Å². The van der Waals surface area contributed by atoms with Gasteiger partial charge in [-0.1, -0.05) is 0 Å². The second kappa shape index (κ2) is 2.24. The Morgan fingerprint density at radius 1 is 1.11 bits per heavy atom. The lowest BCUT2D eigenvalue weighted by Gasteiger charge is -2.15. The molecule has 4 heteroatoms. The number of aliphatic imine (C=N–C) groups is 2. The average Bonchev–Trinajstić information content (AvgIpc) is 2.36. The molecule has 0 bridgehead atoms. The maximum absolute atomic E-state index is 8.63. The molecule has 0 amide bonds. The summed E-state index contributed by atoms with van der Waals surface area (Å²) in [5.74, 6) is 0. The molecule has 2 N–H and O–H groups in total. The first-order valence-electron chi connectivity index (χ1n) is 2.64. The van der Waals surface area contributed by atoms with Crippen molar-refractivity contribution in [3.8, 4) is 0 Å². The van der Waals surface area contributed by atoms with Gasteiger partial charge in [0, 0.05) is 12.4 Å². The third-order valence-corrected chi connectivity index (χ3v) is 1.20. The minimum atomic E-state index is -0.972. The lowest BCUT2D eigenvalue weighted by molar-refractivity contribution is 0.132. The molecular weight excluding hydrogens is 120 g/mol. The monoisotopic (exact) mass is 128 g/mol. The van der Waals surface area contributed by atoms with Crippen LogP contribution in [0.5, 0.6) is 0 Å². The number of rotatable bonds is 2. The van der Waals surface area contributed by atoms with Crippen molar-refractivity contribution in [1.82, 2.24) is 0 Å². The van der Waals surface area contributed by atoms with Crippen LogP contribution in [0.25, 0.3) is 0 Å². The number of hydrogen-bond acceptors (Lipinski definition) is 4. The van der Waals surface area contributed by atoms with Crippen LogP contribution in [-0.2, 0) is 0 Å². The van der Waals surface area contributed by atoms with E-state index in [2.05, 4.69) is 9.98 Å². The molecule has 0 aromatic carbocycles. The average molecular weight is 128 g/mol. The summed E-state index contributed by atoms with van der Waals surface area (Å²) in [7, 11) is 0. The van der Waals surface area contributed by atoms with Gasteiger partial charge in [0.2, 0.25) is 0 Å². The van der Waals surface area contributed by atoms with Gasteiger partial charge < -0.3 is 10.2 Å². The van der Waals surface area contributed by atoms with Gasteiger partial charge in [0.25, 0.3) is 0 Å². The fraction of sp³-hybridized carbons (Fsp3) is 0.600. The Bertz CT molecular complexity index is 135. The summed E-state index contributed by atoms with van der Waals surface area (Å²) >= 11 is 0. The van der Waals surface area contributed by atoms with Gasteiger partial charge in [-0.05, 0) is 0 Å². The second-order valence-corrected chi connectivity index (χ2v) is 1.86. The van der Waals surface area contributed by atoms with Gasteiger partial charge in [0.05, 0.1) is 13.2 Å². The topological polar surface area (TPSA) is 65.2 Å². The molecule has 1 aliphatic rings. The van der Waals surface area contributed by atoms with Crippen LogP contribution in [0.15, 0.2) is 9.98 Å². The smallest absolute Gasteiger partial charge is 0.195 e. The minimum absolute atomic E-state index is 0.240. The van der Waals surface area contributed by atoms with Crippen molar-refractivity contribution >= 4 is 12.4 Å². The lowest BCUT2D eigenvalue weighted by Crippen LogP contribution is -2.31. The Morgan fingerprint density at radius 2 is 1.56 bits per heavy atom. The third kappa shape index (κ3) is 0.988. The highest BCUT2D eigenvalue weighted by Crippen LogP contribution is 2.12. The largest absolute Gasteiger partial charge is 0.392 e. The molecule has 0 radical (unpaired) electrons. The Labute approximate surface area is 52.6 Å². The summed E-state index contributed by atoms with van der Waals surface area (Å²) in [6, 6.07) is 0. The Balaban J connectivity index is 2.69. The number of nitrogens with zero attached hydrogens (tertiary/aromatic N) is 2. The third-order valence-electron chi connectivity index (χ3n) is 1.20. The van der Waals surface area contributed by atoms with Gasteiger partial charge in [0.15, 0.2) is 5.66 Å². The first-order valence-corrected chi connectivity index (χ1v) is 2.64. The lowest BCUT2D eigenvalue weighted by atomic mass is 10.2. The molecule has 0 aromatic rings. The van der Waals surface area contributed by atoms with Crippen molar-refractivity contribution in [2.45, 2.75) is 5.66 Å². The zero-order valence-electron chi connectivity index (χ0n) is 4.86. The van der Waals surface area contributed by atoms with E-state index in [-0.39, 0.29) is 13.2 Å². The van der Waals surface area contributed by atoms with E-state index in [4.69, 9.17) is 10.2 Å². The van der Waals surface area contributed by atoms with Gasteiger partial charge in [-0.25, -0.2) is 0 Å². The molecule has 0 saturated carbocycles. The van der Waals surface area contributed by atoms with Crippen LogP contribution >= 0.6 is 0 Å². The van der Waals surface area contributed by atoms with Gasteiger partial charge in [-0.3, -0.25) is 9.98 Å². The van der Waals surface area contributed by atoms with E-state index in [1.54, 1.807) is 0 Å². The van der Waals surface area contributed by atoms with E-state index >= 15 is 0 Å². The normalized spacial score (nSPS) is 21.1. The molecule has 50 valence electrons. The van der Waals surface area contributed by atoms with Crippen molar-refractivity contribution in [1.29, 1.82) is 0 Å². The molecule has 0 aliphatic carbocycles. The molecule has 0 atom stereocenters. The molecule has 0 unspecified atom stereocenters. The van der Waals surface area contributed by atoms with Crippen LogP contribution in [0.1, 0.15) is 0 Å². The molecule has 4 nitrogen and oxygen atoms in total. The molecule has 1 heterocycles. The summed E-state index contributed by atoms with van der Waals surface area (Å²) in [5.41, 5.74) is -0.972. The first kappa shape index (κ1) is 6.38. The highest BCUT2D eigenvalue weighted by Gasteiger charge is 2.26. The van der Waals surface area contributed by atoms with Crippen LogP contribution < -0.4 is 0 Å². The van der Waals surface area contributed by atoms with Crippen LogP contribution in [0.2, 0.25) is 0 Å². The fourth-order valence-electron chi connectivity index (χ4n) is 0.591. The van der Waals surface area contributed by atoms with E-state index < -0.39 is 5.66 Å². The molecule has 9 heavy (non-hydrogen) atoms. The predicted molar refractivity (Wildman–Crippen MR) is 33.9 cm³/mol. The zero-order chi connectivity index (χ0) is 6.74. The van der Waals surface area contributed by atoms with Crippen LogP contribution in [0.4, 0.5) is 0 Å². The van der Waals surface area contributed by atoms with E-state index in [9.17, 15) is 0 Å². The molecule has 0 fully saturated rings.